The molecule has 0 saturated carbocycles. The molecule has 0 aromatic heterocycles. The first-order chi connectivity index (χ1) is 9.61. The molecular weight excluding hydrogens is 266 g/mol. The van der Waals surface area contributed by atoms with Gasteiger partial charge in [-0.3, -0.25) is 4.79 Å². The minimum atomic E-state index is -0.786. The first kappa shape index (κ1) is 14.7. The largest absolute Gasteiger partial charge is 0.383 e. The number of amides is 1. The molecule has 0 radical (unpaired) electrons. The molecule has 6 heteroatoms. The van der Waals surface area contributed by atoms with Gasteiger partial charge >= 0.3 is 0 Å². The van der Waals surface area contributed by atoms with E-state index in [9.17, 15) is 13.6 Å². The molecule has 1 amide bonds. The molecule has 0 spiro atoms. The Morgan fingerprint density at radius 1 is 1.35 bits per heavy atom. The highest BCUT2D eigenvalue weighted by molar-refractivity contribution is 5.94. The quantitative estimate of drug-likeness (QED) is 0.892. The molecule has 1 aliphatic heterocycles. The lowest BCUT2D eigenvalue weighted by Gasteiger charge is -2.22. The Hall–Kier alpha value is -1.69. The summed E-state index contributed by atoms with van der Waals surface area (Å²) in [5.41, 5.74) is -0.271. The van der Waals surface area contributed by atoms with Crippen LogP contribution in [0.2, 0.25) is 0 Å². The van der Waals surface area contributed by atoms with E-state index in [2.05, 4.69) is 10.6 Å². The predicted molar refractivity (Wildman–Crippen MR) is 71.8 cm³/mol. The maximum Gasteiger partial charge on any atom is 0.251 e. The maximum atomic E-state index is 13.6. The van der Waals surface area contributed by atoms with Crippen LogP contribution in [-0.2, 0) is 4.74 Å². The van der Waals surface area contributed by atoms with Crippen molar-refractivity contribution in [3.05, 3.63) is 29.3 Å². The summed E-state index contributed by atoms with van der Waals surface area (Å²) in [6, 6.07) is 2.04. The summed E-state index contributed by atoms with van der Waals surface area (Å²) >= 11 is 0. The molecule has 2 rings (SSSR count). The Morgan fingerprint density at radius 2 is 2.05 bits per heavy atom. The van der Waals surface area contributed by atoms with E-state index in [1.165, 1.54) is 7.05 Å². The molecule has 0 bridgehead atoms. The summed E-state index contributed by atoms with van der Waals surface area (Å²) < 4.78 is 32.6. The molecule has 20 heavy (non-hydrogen) atoms. The highest BCUT2D eigenvalue weighted by Gasteiger charge is 2.17. The van der Waals surface area contributed by atoms with Crippen molar-refractivity contribution in [2.24, 2.45) is 0 Å². The monoisotopic (exact) mass is 284 g/mol. The SMILES string of the molecule is CNc1c(F)cc(C(=O)NCC2CCCCO2)cc1F. The second-order valence-corrected chi connectivity index (χ2v) is 4.76. The van der Waals surface area contributed by atoms with Crippen LogP contribution in [0.5, 0.6) is 0 Å². The van der Waals surface area contributed by atoms with Crippen LogP contribution >= 0.6 is 0 Å². The highest BCUT2D eigenvalue weighted by atomic mass is 19.1. The van der Waals surface area contributed by atoms with Crippen LogP contribution in [-0.4, -0.2) is 32.2 Å². The Balaban J connectivity index is 1.98. The summed E-state index contributed by atoms with van der Waals surface area (Å²) in [5, 5.41) is 5.05. The normalized spacial score (nSPS) is 18.6. The zero-order chi connectivity index (χ0) is 14.5. The van der Waals surface area contributed by atoms with Crippen molar-refractivity contribution in [2.75, 3.05) is 25.5 Å². The van der Waals surface area contributed by atoms with E-state index >= 15 is 0 Å². The summed E-state index contributed by atoms with van der Waals surface area (Å²) in [6.07, 6.45) is 2.98. The summed E-state index contributed by atoms with van der Waals surface area (Å²) in [4.78, 5) is 11.9. The molecule has 2 N–H and O–H groups in total. The van der Waals surface area contributed by atoms with Crippen LogP contribution in [0.1, 0.15) is 29.6 Å². The van der Waals surface area contributed by atoms with Crippen LogP contribution in [0.25, 0.3) is 0 Å². The third kappa shape index (κ3) is 3.45. The fourth-order valence-electron chi connectivity index (χ4n) is 2.22. The number of carbonyl (C=O) groups is 1. The number of anilines is 1. The van der Waals surface area contributed by atoms with Gasteiger partial charge in [0, 0.05) is 25.8 Å². The van der Waals surface area contributed by atoms with Crippen molar-refractivity contribution < 1.29 is 18.3 Å². The van der Waals surface area contributed by atoms with Crippen LogP contribution in [0, 0.1) is 11.6 Å². The van der Waals surface area contributed by atoms with Crippen molar-refractivity contribution in [1.29, 1.82) is 0 Å². The van der Waals surface area contributed by atoms with Gasteiger partial charge in [0.25, 0.3) is 5.91 Å². The fraction of sp³-hybridized carbons (Fsp3) is 0.500. The number of hydrogen-bond donors (Lipinski definition) is 2. The lowest BCUT2D eigenvalue weighted by Crippen LogP contribution is -2.35. The molecule has 1 saturated heterocycles. The Labute approximate surface area is 116 Å². The molecule has 110 valence electrons. The van der Waals surface area contributed by atoms with Crippen LogP contribution in [0.4, 0.5) is 14.5 Å². The van der Waals surface area contributed by atoms with Crippen LogP contribution < -0.4 is 10.6 Å². The fourth-order valence-corrected chi connectivity index (χ4v) is 2.22. The van der Waals surface area contributed by atoms with Gasteiger partial charge in [0.05, 0.1) is 6.10 Å². The highest BCUT2D eigenvalue weighted by Crippen LogP contribution is 2.20. The third-order valence-corrected chi connectivity index (χ3v) is 3.32. The van der Waals surface area contributed by atoms with E-state index in [-0.39, 0.29) is 17.4 Å². The Kier molecular flexibility index (Phi) is 4.89. The van der Waals surface area contributed by atoms with Crippen LogP contribution in [0.15, 0.2) is 12.1 Å². The second-order valence-electron chi connectivity index (χ2n) is 4.76. The minimum absolute atomic E-state index is 0.0148. The molecule has 1 fully saturated rings. The van der Waals surface area contributed by atoms with Gasteiger partial charge < -0.3 is 15.4 Å². The van der Waals surface area contributed by atoms with Crippen molar-refractivity contribution in [1.82, 2.24) is 5.32 Å². The zero-order valence-corrected chi connectivity index (χ0v) is 11.3. The topological polar surface area (TPSA) is 50.4 Å². The third-order valence-electron chi connectivity index (χ3n) is 3.32. The van der Waals surface area contributed by atoms with E-state index in [0.29, 0.717) is 13.2 Å². The van der Waals surface area contributed by atoms with Gasteiger partial charge in [0.15, 0.2) is 0 Å². The smallest absolute Gasteiger partial charge is 0.251 e. The molecule has 1 aromatic rings. The first-order valence-electron chi connectivity index (χ1n) is 6.68. The van der Waals surface area contributed by atoms with Gasteiger partial charge in [-0.25, -0.2) is 8.78 Å². The first-order valence-corrected chi connectivity index (χ1v) is 6.68. The number of nitrogens with one attached hydrogen (secondary N) is 2. The summed E-state index contributed by atoms with van der Waals surface area (Å²) in [5.74, 6) is -2.07. The number of ether oxygens (including phenoxy) is 1. The maximum absolute atomic E-state index is 13.6. The minimum Gasteiger partial charge on any atom is -0.383 e. The average Bonchev–Trinajstić information content (AvgIpc) is 2.45. The number of hydrogen-bond acceptors (Lipinski definition) is 3. The van der Waals surface area contributed by atoms with Crippen molar-refractivity contribution >= 4 is 11.6 Å². The van der Waals surface area contributed by atoms with Gasteiger partial charge in [-0.15, -0.1) is 0 Å². The standard InChI is InChI=1S/C14H18F2N2O2/c1-17-13-11(15)6-9(7-12(13)16)14(19)18-8-10-4-2-3-5-20-10/h6-7,10,17H,2-5,8H2,1H3,(H,18,19). The molecule has 1 heterocycles. The van der Waals surface area contributed by atoms with Gasteiger partial charge in [0.2, 0.25) is 0 Å². The Morgan fingerprint density at radius 3 is 2.60 bits per heavy atom. The zero-order valence-electron chi connectivity index (χ0n) is 11.3. The number of halogens is 2. The predicted octanol–water partition coefficient (Wildman–Crippen LogP) is 2.31. The van der Waals surface area contributed by atoms with E-state index in [4.69, 9.17) is 4.74 Å². The summed E-state index contributed by atoms with van der Waals surface area (Å²) in [7, 11) is 1.42. The number of benzene rings is 1. The van der Waals surface area contributed by atoms with Gasteiger partial charge in [0.1, 0.15) is 17.3 Å². The van der Waals surface area contributed by atoms with Crippen molar-refractivity contribution in [3.63, 3.8) is 0 Å². The van der Waals surface area contributed by atoms with Crippen LogP contribution in [0.3, 0.4) is 0 Å². The Bertz CT molecular complexity index is 465. The molecule has 1 aliphatic rings. The van der Waals surface area contributed by atoms with Crippen molar-refractivity contribution in [2.45, 2.75) is 25.4 Å². The van der Waals surface area contributed by atoms with Gasteiger partial charge in [-0.05, 0) is 31.4 Å². The van der Waals surface area contributed by atoms with Gasteiger partial charge in [-0.1, -0.05) is 0 Å². The molecule has 1 atom stereocenters. The van der Waals surface area contributed by atoms with E-state index in [0.717, 1.165) is 31.4 Å². The number of carbonyl (C=O) groups excluding carboxylic acids is 1. The lowest BCUT2D eigenvalue weighted by atomic mass is 10.1. The van der Waals surface area contributed by atoms with E-state index < -0.39 is 17.5 Å². The van der Waals surface area contributed by atoms with Crippen molar-refractivity contribution in [3.8, 4) is 0 Å². The molecule has 1 aromatic carbocycles. The second kappa shape index (κ2) is 6.65. The van der Waals surface area contributed by atoms with E-state index in [1.54, 1.807) is 0 Å². The lowest BCUT2D eigenvalue weighted by molar-refractivity contribution is 0.0169. The molecular formula is C14H18F2N2O2. The molecule has 0 aliphatic carbocycles. The van der Waals surface area contributed by atoms with E-state index in [1.807, 2.05) is 0 Å². The van der Waals surface area contributed by atoms with Gasteiger partial charge in [-0.2, -0.15) is 0 Å². The molecule has 4 nitrogen and oxygen atoms in total. The molecule has 1 unspecified atom stereocenters. The number of rotatable bonds is 4. The average molecular weight is 284 g/mol. The summed E-state index contributed by atoms with van der Waals surface area (Å²) in [6.45, 7) is 1.05.